The molecule has 0 aliphatic heterocycles. The van der Waals surface area contributed by atoms with Crippen LogP contribution in [-0.4, -0.2) is 21.9 Å². The number of rotatable bonds is 4. The molecule has 1 N–H and O–H groups in total. The van der Waals surface area contributed by atoms with Crippen LogP contribution in [0.5, 0.6) is 11.6 Å². The van der Waals surface area contributed by atoms with Gasteiger partial charge in [-0.1, -0.05) is 0 Å². The number of halogens is 1. The molecule has 0 aliphatic carbocycles. The average molecular weight is 264 g/mol. The summed E-state index contributed by atoms with van der Waals surface area (Å²) < 4.78 is 18.0. The van der Waals surface area contributed by atoms with Gasteiger partial charge in [-0.2, -0.15) is 4.98 Å². The highest BCUT2D eigenvalue weighted by molar-refractivity contribution is 5.61. The SMILES string of the molecule is CNc1ncnc(Oc2ccc(F)cc2)c1[N+](=O)[O-]. The Morgan fingerprint density at radius 3 is 2.58 bits per heavy atom. The highest BCUT2D eigenvalue weighted by atomic mass is 19.1. The standard InChI is InChI=1S/C11H9FN4O3/c1-13-10-9(16(17)18)11(15-6-14-10)19-8-4-2-7(12)3-5-8/h2-6H,1H3,(H,13,14,15). The zero-order valence-corrected chi connectivity index (χ0v) is 9.83. The van der Waals surface area contributed by atoms with E-state index in [9.17, 15) is 14.5 Å². The largest absolute Gasteiger partial charge is 0.434 e. The first-order chi connectivity index (χ1) is 9.11. The summed E-state index contributed by atoms with van der Waals surface area (Å²) in [6.45, 7) is 0. The molecule has 2 aromatic rings. The maximum Gasteiger partial charge on any atom is 0.373 e. The molecule has 0 bridgehead atoms. The molecule has 0 fully saturated rings. The first-order valence-corrected chi connectivity index (χ1v) is 5.22. The molecule has 1 aromatic carbocycles. The van der Waals surface area contributed by atoms with Crippen molar-refractivity contribution in [3.8, 4) is 11.6 Å². The number of benzene rings is 1. The zero-order valence-electron chi connectivity index (χ0n) is 9.83. The van der Waals surface area contributed by atoms with Gasteiger partial charge < -0.3 is 10.1 Å². The van der Waals surface area contributed by atoms with Crippen molar-refractivity contribution in [2.75, 3.05) is 12.4 Å². The Morgan fingerprint density at radius 1 is 1.32 bits per heavy atom. The second-order valence-electron chi connectivity index (χ2n) is 3.44. The molecule has 0 unspecified atom stereocenters. The van der Waals surface area contributed by atoms with Crippen molar-refractivity contribution in [2.24, 2.45) is 0 Å². The van der Waals surface area contributed by atoms with Crippen molar-refractivity contribution >= 4 is 11.5 Å². The number of hydrogen-bond donors (Lipinski definition) is 1. The van der Waals surface area contributed by atoms with E-state index in [4.69, 9.17) is 4.74 Å². The molecule has 0 radical (unpaired) electrons. The predicted octanol–water partition coefficient (Wildman–Crippen LogP) is 2.36. The Kier molecular flexibility index (Phi) is 3.51. The average Bonchev–Trinajstić information content (AvgIpc) is 2.40. The van der Waals surface area contributed by atoms with Crippen LogP contribution >= 0.6 is 0 Å². The van der Waals surface area contributed by atoms with Crippen molar-refractivity contribution in [3.05, 3.63) is 46.5 Å². The Morgan fingerprint density at radius 2 is 2.00 bits per heavy atom. The molecular weight excluding hydrogens is 255 g/mol. The minimum absolute atomic E-state index is 0.0390. The summed E-state index contributed by atoms with van der Waals surface area (Å²) in [6.07, 6.45) is 1.14. The van der Waals surface area contributed by atoms with Crippen molar-refractivity contribution in [1.82, 2.24) is 9.97 Å². The van der Waals surface area contributed by atoms with Crippen LogP contribution < -0.4 is 10.1 Å². The number of ether oxygens (including phenoxy) is 1. The van der Waals surface area contributed by atoms with Crippen LogP contribution in [-0.2, 0) is 0 Å². The third-order valence-corrected chi connectivity index (χ3v) is 2.24. The first kappa shape index (κ1) is 12.7. The van der Waals surface area contributed by atoms with Gasteiger partial charge in [-0.3, -0.25) is 10.1 Å². The van der Waals surface area contributed by atoms with Gasteiger partial charge in [-0.25, -0.2) is 9.37 Å². The number of anilines is 1. The lowest BCUT2D eigenvalue weighted by molar-refractivity contribution is -0.385. The molecule has 2 rings (SSSR count). The number of nitrogens with one attached hydrogen (secondary N) is 1. The summed E-state index contributed by atoms with van der Waals surface area (Å²) in [5.74, 6) is -0.362. The van der Waals surface area contributed by atoms with Crippen LogP contribution in [0.25, 0.3) is 0 Å². The second-order valence-corrected chi connectivity index (χ2v) is 3.44. The van der Waals surface area contributed by atoms with E-state index in [0.29, 0.717) is 0 Å². The predicted molar refractivity (Wildman–Crippen MR) is 64.7 cm³/mol. The highest BCUT2D eigenvalue weighted by Gasteiger charge is 2.24. The third kappa shape index (κ3) is 2.73. The molecular formula is C11H9FN4O3. The van der Waals surface area contributed by atoms with Crippen molar-refractivity contribution < 1.29 is 14.1 Å². The van der Waals surface area contributed by atoms with Crippen LogP contribution in [0.3, 0.4) is 0 Å². The van der Waals surface area contributed by atoms with Crippen LogP contribution in [0.1, 0.15) is 0 Å². The van der Waals surface area contributed by atoms with Gasteiger partial charge in [0.25, 0.3) is 0 Å². The minimum atomic E-state index is -0.648. The fourth-order valence-corrected chi connectivity index (χ4v) is 1.40. The van der Waals surface area contributed by atoms with Gasteiger partial charge in [0, 0.05) is 7.05 Å². The van der Waals surface area contributed by atoms with Gasteiger partial charge in [0.2, 0.25) is 5.82 Å². The zero-order chi connectivity index (χ0) is 13.8. The van der Waals surface area contributed by atoms with Gasteiger partial charge in [0.15, 0.2) is 0 Å². The quantitative estimate of drug-likeness (QED) is 0.673. The molecule has 0 saturated heterocycles. The molecule has 98 valence electrons. The van der Waals surface area contributed by atoms with Crippen molar-refractivity contribution in [3.63, 3.8) is 0 Å². The molecule has 0 amide bonds. The first-order valence-electron chi connectivity index (χ1n) is 5.22. The smallest absolute Gasteiger partial charge is 0.373 e. The minimum Gasteiger partial charge on any atom is -0.434 e. The summed E-state index contributed by atoms with van der Waals surface area (Å²) >= 11 is 0. The lowest BCUT2D eigenvalue weighted by Gasteiger charge is -2.07. The normalized spacial score (nSPS) is 10.0. The van der Waals surface area contributed by atoms with Crippen LogP contribution in [0, 0.1) is 15.9 Å². The molecule has 19 heavy (non-hydrogen) atoms. The lowest BCUT2D eigenvalue weighted by Crippen LogP contribution is -2.03. The van der Waals surface area contributed by atoms with Gasteiger partial charge in [-0.15, -0.1) is 0 Å². The summed E-state index contributed by atoms with van der Waals surface area (Å²) in [6, 6.07) is 5.06. The molecule has 8 heteroatoms. The molecule has 0 aliphatic rings. The summed E-state index contributed by atoms with van der Waals surface area (Å²) in [5, 5.41) is 13.6. The summed E-state index contributed by atoms with van der Waals surface area (Å²) in [7, 11) is 1.50. The van der Waals surface area contributed by atoms with E-state index in [2.05, 4.69) is 15.3 Å². The number of nitrogens with zero attached hydrogens (tertiary/aromatic N) is 3. The third-order valence-electron chi connectivity index (χ3n) is 2.24. The van der Waals surface area contributed by atoms with Gasteiger partial charge >= 0.3 is 11.6 Å². The van der Waals surface area contributed by atoms with E-state index in [1.165, 1.54) is 31.3 Å². The van der Waals surface area contributed by atoms with Crippen molar-refractivity contribution in [1.29, 1.82) is 0 Å². The van der Waals surface area contributed by atoms with E-state index < -0.39 is 10.7 Å². The maximum atomic E-state index is 12.8. The summed E-state index contributed by atoms with van der Waals surface area (Å²) in [4.78, 5) is 17.8. The van der Waals surface area contributed by atoms with E-state index in [1.807, 2.05) is 0 Å². The van der Waals surface area contributed by atoms with Crippen molar-refractivity contribution in [2.45, 2.75) is 0 Å². The van der Waals surface area contributed by atoms with Gasteiger partial charge in [-0.05, 0) is 24.3 Å². The van der Waals surface area contributed by atoms with E-state index in [0.717, 1.165) is 6.33 Å². The Bertz CT molecular complexity index is 603. The second kappa shape index (κ2) is 5.25. The number of aromatic nitrogens is 2. The van der Waals surface area contributed by atoms with Crippen LogP contribution in [0.15, 0.2) is 30.6 Å². The Balaban J connectivity index is 2.39. The topological polar surface area (TPSA) is 90.2 Å². The summed E-state index contributed by atoms with van der Waals surface area (Å²) in [5.41, 5.74) is -0.380. The van der Waals surface area contributed by atoms with E-state index >= 15 is 0 Å². The van der Waals surface area contributed by atoms with Gasteiger partial charge in [0.1, 0.15) is 17.9 Å². The molecule has 1 aromatic heterocycles. The number of hydrogen-bond acceptors (Lipinski definition) is 6. The Hall–Kier alpha value is -2.77. The van der Waals surface area contributed by atoms with E-state index in [1.54, 1.807) is 0 Å². The van der Waals surface area contributed by atoms with Crippen LogP contribution in [0.4, 0.5) is 15.9 Å². The molecule has 0 atom stereocenters. The van der Waals surface area contributed by atoms with E-state index in [-0.39, 0.29) is 23.1 Å². The molecule has 7 nitrogen and oxygen atoms in total. The lowest BCUT2D eigenvalue weighted by atomic mass is 10.3. The Labute approximate surface area is 107 Å². The maximum absolute atomic E-state index is 12.8. The monoisotopic (exact) mass is 264 g/mol. The highest BCUT2D eigenvalue weighted by Crippen LogP contribution is 2.33. The fraction of sp³-hybridized carbons (Fsp3) is 0.0909. The number of nitro groups is 1. The fourth-order valence-electron chi connectivity index (χ4n) is 1.40. The molecule has 0 saturated carbocycles. The molecule has 1 heterocycles. The van der Waals surface area contributed by atoms with Gasteiger partial charge in [0.05, 0.1) is 4.92 Å². The molecule has 0 spiro atoms. The van der Waals surface area contributed by atoms with Crippen LogP contribution in [0.2, 0.25) is 0 Å².